The first-order chi connectivity index (χ1) is 29.5. The predicted molar refractivity (Wildman–Crippen MR) is 257 cm³/mol. The molecule has 0 heterocycles. The second-order valence-electron chi connectivity index (χ2n) is 19.5. The smallest absolute Gasteiger partial charge is 0.0546 e. The zero-order valence-corrected chi connectivity index (χ0v) is 36.0. The maximum absolute atomic E-state index is 2.62. The number of anilines is 3. The molecule has 60 heavy (non-hydrogen) atoms. The Morgan fingerprint density at radius 1 is 0.400 bits per heavy atom. The Balaban J connectivity index is 1.16. The lowest BCUT2D eigenvalue weighted by molar-refractivity contribution is 0.443. The van der Waals surface area contributed by atoms with E-state index < -0.39 is 0 Å². The Bertz CT molecular complexity index is 2680. The summed E-state index contributed by atoms with van der Waals surface area (Å²) in [6.45, 7) is 4.83. The van der Waals surface area contributed by atoms with Gasteiger partial charge in [-0.25, -0.2) is 0 Å². The normalized spacial score (nSPS) is 18.4. The molecule has 0 aliphatic heterocycles. The van der Waals surface area contributed by atoms with Crippen LogP contribution < -0.4 is 4.90 Å². The second-order valence-corrected chi connectivity index (χ2v) is 19.5. The molecule has 0 N–H and O–H groups in total. The van der Waals surface area contributed by atoms with Gasteiger partial charge in [0.1, 0.15) is 0 Å². The first kappa shape index (κ1) is 37.8. The molecule has 1 nitrogen and oxygen atoms in total. The highest BCUT2D eigenvalue weighted by atomic mass is 15.1. The third-order valence-corrected chi connectivity index (χ3v) is 15.7. The SMILES string of the molecule is CC1(C)c2ccccc2-c2ccc(N(c3ccc(C4CCCCC4)cc3)c3ccc4c(C5CCCCC5)cccc4c3-c3ccc(C4CCCCC4)c4ccccc34)cc21. The highest BCUT2D eigenvalue weighted by Crippen LogP contribution is 2.53. The summed E-state index contributed by atoms with van der Waals surface area (Å²) in [5.41, 5.74) is 16.5. The molecule has 7 aromatic rings. The first-order valence-corrected chi connectivity index (χ1v) is 23.8. The average molecular weight is 784 g/mol. The summed E-state index contributed by atoms with van der Waals surface area (Å²) in [5, 5.41) is 5.63. The molecule has 0 bridgehead atoms. The molecule has 302 valence electrons. The highest BCUT2D eigenvalue weighted by molar-refractivity contribution is 6.12. The predicted octanol–water partition coefficient (Wildman–Crippen LogP) is 17.6. The van der Waals surface area contributed by atoms with Crippen molar-refractivity contribution in [2.75, 3.05) is 4.90 Å². The van der Waals surface area contributed by atoms with Crippen LogP contribution in [0, 0.1) is 0 Å². The van der Waals surface area contributed by atoms with E-state index in [9.17, 15) is 0 Å². The minimum absolute atomic E-state index is 0.0925. The number of benzene rings is 7. The maximum Gasteiger partial charge on any atom is 0.0546 e. The molecule has 3 fully saturated rings. The van der Waals surface area contributed by atoms with Crippen LogP contribution in [0.5, 0.6) is 0 Å². The fourth-order valence-corrected chi connectivity index (χ4v) is 12.5. The molecule has 0 spiro atoms. The van der Waals surface area contributed by atoms with Gasteiger partial charge in [0.2, 0.25) is 0 Å². The minimum atomic E-state index is -0.0925. The molecule has 0 unspecified atom stereocenters. The van der Waals surface area contributed by atoms with Gasteiger partial charge < -0.3 is 4.90 Å². The van der Waals surface area contributed by atoms with Gasteiger partial charge in [0.05, 0.1) is 5.69 Å². The van der Waals surface area contributed by atoms with Crippen LogP contribution in [0.15, 0.2) is 133 Å². The molecule has 0 saturated heterocycles. The molecule has 7 aromatic carbocycles. The molecule has 0 atom stereocenters. The van der Waals surface area contributed by atoms with Gasteiger partial charge in [-0.15, -0.1) is 0 Å². The van der Waals surface area contributed by atoms with Crippen molar-refractivity contribution in [1.29, 1.82) is 0 Å². The molecular weight excluding hydrogens is 723 g/mol. The summed E-state index contributed by atoms with van der Waals surface area (Å²) in [6.07, 6.45) is 20.0. The number of nitrogens with zero attached hydrogens (tertiary/aromatic N) is 1. The van der Waals surface area contributed by atoms with Crippen molar-refractivity contribution < 1.29 is 0 Å². The number of hydrogen-bond acceptors (Lipinski definition) is 1. The zero-order chi connectivity index (χ0) is 40.2. The fraction of sp³-hybridized carbons (Fsp3) is 0.356. The molecule has 0 amide bonds. The second kappa shape index (κ2) is 15.7. The van der Waals surface area contributed by atoms with Gasteiger partial charge >= 0.3 is 0 Å². The largest absolute Gasteiger partial charge is 0.310 e. The van der Waals surface area contributed by atoms with Crippen molar-refractivity contribution in [2.45, 2.75) is 133 Å². The topological polar surface area (TPSA) is 3.24 Å². The van der Waals surface area contributed by atoms with Crippen molar-refractivity contribution in [3.63, 3.8) is 0 Å². The van der Waals surface area contributed by atoms with Crippen molar-refractivity contribution in [3.05, 3.63) is 161 Å². The molecule has 11 rings (SSSR count). The van der Waals surface area contributed by atoms with E-state index in [-0.39, 0.29) is 5.41 Å². The summed E-state index contributed by atoms with van der Waals surface area (Å²) >= 11 is 0. The van der Waals surface area contributed by atoms with Crippen molar-refractivity contribution in [1.82, 2.24) is 0 Å². The molecule has 0 aromatic heterocycles. The van der Waals surface area contributed by atoms with Crippen LogP contribution in [0.2, 0.25) is 0 Å². The van der Waals surface area contributed by atoms with Crippen molar-refractivity contribution in [3.8, 4) is 22.3 Å². The van der Waals surface area contributed by atoms with Crippen LogP contribution in [0.4, 0.5) is 17.1 Å². The summed E-state index contributed by atoms with van der Waals surface area (Å²) in [4.78, 5) is 2.62. The van der Waals surface area contributed by atoms with Crippen LogP contribution in [-0.4, -0.2) is 0 Å². The van der Waals surface area contributed by atoms with E-state index in [0.717, 1.165) is 0 Å². The van der Waals surface area contributed by atoms with E-state index in [4.69, 9.17) is 0 Å². The van der Waals surface area contributed by atoms with E-state index in [0.29, 0.717) is 17.8 Å². The molecule has 1 heteroatoms. The molecule has 3 saturated carbocycles. The lowest BCUT2D eigenvalue weighted by Gasteiger charge is -2.32. The van der Waals surface area contributed by atoms with Crippen LogP contribution in [0.3, 0.4) is 0 Å². The fourth-order valence-electron chi connectivity index (χ4n) is 12.5. The van der Waals surface area contributed by atoms with E-state index in [2.05, 4.69) is 152 Å². The van der Waals surface area contributed by atoms with Crippen molar-refractivity contribution >= 4 is 38.6 Å². The van der Waals surface area contributed by atoms with Gasteiger partial charge in [0.15, 0.2) is 0 Å². The van der Waals surface area contributed by atoms with Gasteiger partial charge in [0, 0.05) is 22.4 Å². The summed E-state index contributed by atoms with van der Waals surface area (Å²) in [6, 6.07) is 52.9. The summed E-state index contributed by atoms with van der Waals surface area (Å²) < 4.78 is 0. The third-order valence-electron chi connectivity index (χ3n) is 15.7. The molecule has 4 aliphatic rings. The lowest BCUT2D eigenvalue weighted by Crippen LogP contribution is -2.17. The standard InChI is InChI=1S/C59H61N/c1-59(2)55-28-15-14-25-51(55)52-34-33-45(39-56(52)59)60(44-31-29-41(30-32-44)40-17-6-3-7-18-40)57-38-37-50-46(42-19-8-4-9-20-42)26-16-27-53(50)58(57)54-36-35-47(43-21-10-5-11-22-43)48-23-12-13-24-49(48)54/h12-16,23-40,42-43H,3-11,17-22H2,1-2H3. The Morgan fingerprint density at radius 3 is 1.67 bits per heavy atom. The summed E-state index contributed by atoms with van der Waals surface area (Å²) in [7, 11) is 0. The summed E-state index contributed by atoms with van der Waals surface area (Å²) in [5.74, 6) is 1.93. The number of hydrogen-bond donors (Lipinski definition) is 0. The van der Waals surface area contributed by atoms with E-state index >= 15 is 0 Å². The van der Waals surface area contributed by atoms with Crippen LogP contribution in [0.25, 0.3) is 43.8 Å². The van der Waals surface area contributed by atoms with Crippen LogP contribution in [0.1, 0.15) is 156 Å². The van der Waals surface area contributed by atoms with Gasteiger partial charge in [0.25, 0.3) is 0 Å². The number of fused-ring (bicyclic) bond motifs is 5. The third kappa shape index (κ3) is 6.50. The van der Waals surface area contributed by atoms with E-state index in [1.165, 1.54) is 174 Å². The monoisotopic (exact) mass is 783 g/mol. The Hall–Kier alpha value is -5.14. The first-order valence-electron chi connectivity index (χ1n) is 23.8. The number of rotatable bonds is 7. The van der Waals surface area contributed by atoms with Gasteiger partial charge in [-0.05, 0) is 153 Å². The zero-order valence-electron chi connectivity index (χ0n) is 36.0. The highest BCUT2D eigenvalue weighted by Gasteiger charge is 2.36. The maximum atomic E-state index is 2.62. The van der Waals surface area contributed by atoms with Gasteiger partial charge in [-0.2, -0.15) is 0 Å². The molecule has 0 radical (unpaired) electrons. The van der Waals surface area contributed by atoms with Crippen molar-refractivity contribution in [2.24, 2.45) is 0 Å². The van der Waals surface area contributed by atoms with Crippen LogP contribution >= 0.6 is 0 Å². The van der Waals surface area contributed by atoms with Gasteiger partial charge in [-0.3, -0.25) is 0 Å². The Labute approximate surface area is 358 Å². The van der Waals surface area contributed by atoms with Crippen LogP contribution in [-0.2, 0) is 5.41 Å². The average Bonchev–Trinajstić information content (AvgIpc) is 3.54. The Kier molecular flexibility index (Phi) is 9.91. The van der Waals surface area contributed by atoms with E-state index in [1.807, 2.05) is 0 Å². The quantitative estimate of drug-likeness (QED) is 0.156. The lowest BCUT2D eigenvalue weighted by atomic mass is 9.79. The van der Waals surface area contributed by atoms with Gasteiger partial charge in [-0.1, -0.05) is 175 Å². The molecule has 4 aliphatic carbocycles. The Morgan fingerprint density at radius 2 is 0.950 bits per heavy atom. The molecular formula is C59H61N. The van der Waals surface area contributed by atoms with E-state index in [1.54, 1.807) is 11.1 Å². The minimum Gasteiger partial charge on any atom is -0.310 e.